The fraction of sp³-hybridized carbons (Fsp3) is 0.462. The van der Waals surface area contributed by atoms with E-state index in [0.29, 0.717) is 10.0 Å². The second-order valence-electron chi connectivity index (χ2n) is 2.90. The average Bonchev–Trinajstić information content (AvgIpc) is 2.38. The van der Waals surface area contributed by atoms with Crippen molar-refractivity contribution < 1.29 is 14.3 Å². The molecule has 1 unspecified atom stereocenters. The van der Waals surface area contributed by atoms with Crippen molar-refractivity contribution in [2.75, 3.05) is 0 Å². The summed E-state index contributed by atoms with van der Waals surface area (Å²) in [4.78, 5) is 10.4. The minimum Gasteiger partial charge on any atom is -0.480 e. The van der Waals surface area contributed by atoms with Gasteiger partial charge in [0.2, 0.25) is 0 Å². The maximum absolute atomic E-state index is 13.0. The number of nitrogens with two attached hydrogens (primary N) is 1. The lowest BCUT2D eigenvalue weighted by Crippen LogP contribution is -2.32. The number of halogens is 2. The maximum Gasteiger partial charge on any atom is 0.320 e. The predicted molar refractivity (Wildman–Crippen MR) is 76.1 cm³/mol. The molecule has 18 heavy (non-hydrogen) atoms. The lowest BCUT2D eigenvalue weighted by Gasteiger charge is -2.06. The molecule has 0 heterocycles. The normalized spacial score (nSPS) is 10.4. The van der Waals surface area contributed by atoms with E-state index in [1.165, 1.54) is 12.1 Å². The molecule has 3 nitrogen and oxygen atoms in total. The molecule has 0 fully saturated rings. The average molecular weight is 322 g/mol. The fourth-order valence-electron chi connectivity index (χ4n) is 1.01. The molecule has 104 valence electrons. The van der Waals surface area contributed by atoms with Crippen LogP contribution in [-0.2, 0) is 11.2 Å². The van der Waals surface area contributed by atoms with Crippen LogP contribution >= 0.6 is 15.9 Å². The third-order valence-electron chi connectivity index (χ3n) is 1.76. The molecule has 1 rings (SSSR count). The van der Waals surface area contributed by atoms with Crippen LogP contribution in [-0.4, -0.2) is 17.1 Å². The lowest BCUT2D eigenvalue weighted by molar-refractivity contribution is -0.138. The molecular formula is C13H21BrFNO2. The largest absolute Gasteiger partial charge is 0.480 e. The Labute approximate surface area is 116 Å². The van der Waals surface area contributed by atoms with E-state index in [1.54, 1.807) is 6.07 Å². The number of carboxylic acid groups (broad SMARTS) is 1. The van der Waals surface area contributed by atoms with Crippen LogP contribution < -0.4 is 5.73 Å². The zero-order chi connectivity index (χ0) is 14.7. The maximum atomic E-state index is 13.0. The lowest BCUT2D eigenvalue weighted by atomic mass is 10.1. The topological polar surface area (TPSA) is 63.3 Å². The van der Waals surface area contributed by atoms with Crippen molar-refractivity contribution in [1.82, 2.24) is 0 Å². The van der Waals surface area contributed by atoms with E-state index in [2.05, 4.69) is 15.9 Å². The number of hydrogen-bond donors (Lipinski definition) is 2. The van der Waals surface area contributed by atoms with Gasteiger partial charge < -0.3 is 10.8 Å². The molecule has 0 saturated carbocycles. The van der Waals surface area contributed by atoms with Gasteiger partial charge in [-0.2, -0.15) is 0 Å². The molecule has 0 spiro atoms. The first-order valence-corrected chi connectivity index (χ1v) is 6.72. The van der Waals surface area contributed by atoms with Crippen LogP contribution in [0.3, 0.4) is 0 Å². The Balaban J connectivity index is 0. The highest BCUT2D eigenvalue weighted by atomic mass is 79.9. The summed E-state index contributed by atoms with van der Waals surface area (Å²) < 4.78 is 13.3. The first-order valence-electron chi connectivity index (χ1n) is 5.93. The summed E-state index contributed by atoms with van der Waals surface area (Å²) in [6.45, 7) is 8.00. The quantitative estimate of drug-likeness (QED) is 0.894. The van der Waals surface area contributed by atoms with Gasteiger partial charge in [-0.3, -0.25) is 4.79 Å². The van der Waals surface area contributed by atoms with Crippen molar-refractivity contribution in [1.29, 1.82) is 0 Å². The van der Waals surface area contributed by atoms with Crippen LogP contribution in [0.4, 0.5) is 4.39 Å². The number of aliphatic carboxylic acids is 1. The molecule has 1 atom stereocenters. The molecule has 1 aromatic carbocycles. The zero-order valence-corrected chi connectivity index (χ0v) is 12.8. The van der Waals surface area contributed by atoms with E-state index in [4.69, 9.17) is 10.8 Å². The molecule has 3 N–H and O–H groups in total. The molecule has 1 aromatic rings. The number of carboxylic acids is 1. The Morgan fingerprint density at radius 2 is 1.89 bits per heavy atom. The van der Waals surface area contributed by atoms with Crippen LogP contribution in [0.2, 0.25) is 0 Å². The standard InChI is InChI=1S/C9H9BrFNO2.2C2H6/c10-6-2-1-5(3-7(6)11)4-8(12)9(13)14;2*1-2/h1-3,8H,4,12H2,(H,13,14);2*1-2H3. The molecule has 0 aromatic heterocycles. The minimum atomic E-state index is -1.09. The number of carbonyl (C=O) groups is 1. The van der Waals surface area contributed by atoms with Gasteiger partial charge in [-0.25, -0.2) is 4.39 Å². The Morgan fingerprint density at radius 3 is 2.28 bits per heavy atom. The van der Waals surface area contributed by atoms with Gasteiger partial charge in [-0.05, 0) is 40.0 Å². The van der Waals surface area contributed by atoms with Crippen LogP contribution in [0.15, 0.2) is 22.7 Å². The number of hydrogen-bond acceptors (Lipinski definition) is 2. The van der Waals surface area contributed by atoms with Crippen LogP contribution in [0.5, 0.6) is 0 Å². The van der Waals surface area contributed by atoms with Gasteiger partial charge in [0, 0.05) is 0 Å². The van der Waals surface area contributed by atoms with E-state index in [9.17, 15) is 9.18 Å². The summed E-state index contributed by atoms with van der Waals surface area (Å²) in [6.07, 6.45) is 0.125. The van der Waals surface area contributed by atoms with Crippen molar-refractivity contribution in [2.24, 2.45) is 5.73 Å². The first kappa shape index (κ1) is 19.4. The molecule has 0 saturated heterocycles. The molecule has 0 aliphatic rings. The molecule has 0 radical (unpaired) electrons. The van der Waals surface area contributed by atoms with Crippen molar-refractivity contribution in [2.45, 2.75) is 40.2 Å². The second-order valence-corrected chi connectivity index (χ2v) is 3.75. The van der Waals surface area contributed by atoms with E-state index >= 15 is 0 Å². The van der Waals surface area contributed by atoms with Gasteiger partial charge in [0.15, 0.2) is 0 Å². The third kappa shape index (κ3) is 7.40. The fourth-order valence-corrected chi connectivity index (χ4v) is 1.25. The summed E-state index contributed by atoms with van der Waals surface area (Å²) in [5.74, 6) is -1.51. The smallest absolute Gasteiger partial charge is 0.320 e. The van der Waals surface area contributed by atoms with Crippen LogP contribution in [0, 0.1) is 5.82 Å². The SMILES string of the molecule is CC.CC.NC(Cc1ccc(Br)c(F)c1)C(=O)O. The van der Waals surface area contributed by atoms with E-state index < -0.39 is 17.8 Å². The summed E-state index contributed by atoms with van der Waals surface area (Å²) in [5, 5.41) is 8.54. The van der Waals surface area contributed by atoms with Crippen molar-refractivity contribution in [3.8, 4) is 0 Å². The van der Waals surface area contributed by atoms with Gasteiger partial charge >= 0.3 is 5.97 Å². The van der Waals surface area contributed by atoms with Gasteiger partial charge in [-0.15, -0.1) is 0 Å². The minimum absolute atomic E-state index is 0.125. The predicted octanol–water partition coefficient (Wildman–Crippen LogP) is 3.60. The summed E-state index contributed by atoms with van der Waals surface area (Å²) in [5.41, 5.74) is 5.87. The van der Waals surface area contributed by atoms with Gasteiger partial charge in [0.25, 0.3) is 0 Å². The monoisotopic (exact) mass is 321 g/mol. The summed E-state index contributed by atoms with van der Waals surface area (Å²) in [7, 11) is 0. The van der Waals surface area contributed by atoms with Crippen molar-refractivity contribution >= 4 is 21.9 Å². The van der Waals surface area contributed by atoms with Gasteiger partial charge in [0.05, 0.1) is 4.47 Å². The van der Waals surface area contributed by atoms with Crippen LogP contribution in [0.25, 0.3) is 0 Å². The molecule has 0 aliphatic carbocycles. The second kappa shape index (κ2) is 11.2. The number of benzene rings is 1. The molecule has 0 amide bonds. The van der Waals surface area contributed by atoms with Gasteiger partial charge in [0.1, 0.15) is 11.9 Å². The highest BCUT2D eigenvalue weighted by Crippen LogP contribution is 2.16. The molecule has 0 aliphatic heterocycles. The first-order chi connectivity index (χ1) is 8.50. The van der Waals surface area contributed by atoms with E-state index in [1.807, 2.05) is 27.7 Å². The Morgan fingerprint density at radius 1 is 1.39 bits per heavy atom. The molecule has 5 heteroatoms. The number of rotatable bonds is 3. The van der Waals surface area contributed by atoms with Crippen molar-refractivity contribution in [3.05, 3.63) is 34.1 Å². The molecule has 0 bridgehead atoms. The summed E-state index contributed by atoms with van der Waals surface area (Å²) in [6, 6.07) is 3.44. The van der Waals surface area contributed by atoms with Crippen LogP contribution in [0.1, 0.15) is 33.3 Å². The van der Waals surface area contributed by atoms with Crippen molar-refractivity contribution in [3.63, 3.8) is 0 Å². The highest BCUT2D eigenvalue weighted by Gasteiger charge is 2.12. The zero-order valence-electron chi connectivity index (χ0n) is 11.2. The highest BCUT2D eigenvalue weighted by molar-refractivity contribution is 9.10. The Kier molecular flexibility index (Phi) is 12.0. The van der Waals surface area contributed by atoms with Gasteiger partial charge in [-0.1, -0.05) is 33.8 Å². The third-order valence-corrected chi connectivity index (χ3v) is 2.40. The Hall–Kier alpha value is -0.940. The summed E-state index contributed by atoms with van der Waals surface area (Å²) >= 11 is 3.00. The van der Waals surface area contributed by atoms with E-state index in [-0.39, 0.29) is 6.42 Å². The molecular weight excluding hydrogens is 301 g/mol. The Bertz CT molecular complexity index is 359. The van der Waals surface area contributed by atoms with E-state index in [0.717, 1.165) is 0 Å².